The highest BCUT2D eigenvalue weighted by atomic mass is 19.4. The average molecular weight is 241 g/mol. The fourth-order valence-electron chi connectivity index (χ4n) is 2.36. The molecule has 0 fully saturated rings. The summed E-state index contributed by atoms with van der Waals surface area (Å²) >= 11 is 0. The van der Waals surface area contributed by atoms with Crippen molar-refractivity contribution in [3.63, 3.8) is 0 Å². The predicted molar refractivity (Wildman–Crippen MR) is 60.7 cm³/mol. The van der Waals surface area contributed by atoms with Crippen molar-refractivity contribution in [1.29, 1.82) is 0 Å². The highest BCUT2D eigenvalue weighted by Gasteiger charge is 2.46. The SMILES string of the molecule is C=CCN1CCc2ccccc2C1C(F)(F)F. The monoisotopic (exact) mass is 241 g/mol. The van der Waals surface area contributed by atoms with Crippen molar-refractivity contribution >= 4 is 0 Å². The second-order valence-electron chi connectivity index (χ2n) is 4.18. The summed E-state index contributed by atoms with van der Waals surface area (Å²) in [4.78, 5) is 1.43. The van der Waals surface area contributed by atoms with Gasteiger partial charge in [0.2, 0.25) is 0 Å². The van der Waals surface area contributed by atoms with Crippen LogP contribution in [0.3, 0.4) is 0 Å². The number of fused-ring (bicyclic) bond motifs is 1. The Labute approximate surface area is 98.5 Å². The van der Waals surface area contributed by atoms with E-state index in [1.54, 1.807) is 24.3 Å². The van der Waals surface area contributed by atoms with Gasteiger partial charge < -0.3 is 0 Å². The van der Waals surface area contributed by atoms with Gasteiger partial charge >= 0.3 is 6.18 Å². The maximum atomic E-state index is 13.1. The van der Waals surface area contributed by atoms with E-state index in [-0.39, 0.29) is 6.54 Å². The zero-order valence-corrected chi connectivity index (χ0v) is 9.37. The molecule has 1 aromatic rings. The Morgan fingerprint density at radius 1 is 1.35 bits per heavy atom. The molecule has 0 saturated heterocycles. The van der Waals surface area contributed by atoms with E-state index in [0.29, 0.717) is 18.5 Å². The summed E-state index contributed by atoms with van der Waals surface area (Å²) in [6.45, 7) is 4.20. The Bertz CT molecular complexity index is 411. The zero-order valence-electron chi connectivity index (χ0n) is 9.37. The first-order chi connectivity index (χ1) is 8.04. The Morgan fingerprint density at radius 3 is 2.71 bits per heavy atom. The molecule has 1 atom stereocenters. The van der Waals surface area contributed by atoms with Crippen molar-refractivity contribution in [2.45, 2.75) is 18.6 Å². The lowest BCUT2D eigenvalue weighted by Crippen LogP contribution is -2.43. The molecule has 0 aromatic heterocycles. The number of benzene rings is 1. The fraction of sp³-hybridized carbons (Fsp3) is 0.385. The van der Waals surface area contributed by atoms with E-state index in [2.05, 4.69) is 6.58 Å². The lowest BCUT2D eigenvalue weighted by atomic mass is 9.92. The molecule has 0 amide bonds. The summed E-state index contributed by atoms with van der Waals surface area (Å²) in [7, 11) is 0. The predicted octanol–water partition coefficient (Wildman–Crippen LogP) is 3.33. The maximum Gasteiger partial charge on any atom is 0.408 e. The molecule has 1 aromatic carbocycles. The molecular weight excluding hydrogens is 227 g/mol. The van der Waals surface area contributed by atoms with Gasteiger partial charge in [-0.1, -0.05) is 30.3 Å². The summed E-state index contributed by atoms with van der Waals surface area (Å²) in [5.41, 5.74) is 1.18. The van der Waals surface area contributed by atoms with Gasteiger partial charge in [-0.25, -0.2) is 0 Å². The van der Waals surface area contributed by atoms with Crippen LogP contribution >= 0.6 is 0 Å². The van der Waals surface area contributed by atoms with Crippen LogP contribution < -0.4 is 0 Å². The van der Waals surface area contributed by atoms with Gasteiger partial charge in [-0.05, 0) is 17.5 Å². The largest absolute Gasteiger partial charge is 0.408 e. The molecule has 4 heteroatoms. The summed E-state index contributed by atoms with van der Waals surface area (Å²) in [5.74, 6) is 0. The van der Waals surface area contributed by atoms with E-state index in [1.165, 1.54) is 11.0 Å². The number of halogens is 3. The molecule has 0 N–H and O–H groups in total. The van der Waals surface area contributed by atoms with Crippen molar-refractivity contribution in [2.75, 3.05) is 13.1 Å². The first kappa shape index (κ1) is 12.2. The molecule has 0 spiro atoms. The minimum Gasteiger partial charge on any atom is -0.285 e. The summed E-state index contributed by atoms with van der Waals surface area (Å²) in [6.07, 6.45) is -2.05. The minimum absolute atomic E-state index is 0.262. The maximum absolute atomic E-state index is 13.1. The van der Waals surface area contributed by atoms with Gasteiger partial charge in [0.15, 0.2) is 0 Å². The molecule has 0 bridgehead atoms. The first-order valence-electron chi connectivity index (χ1n) is 5.53. The minimum atomic E-state index is -4.24. The summed E-state index contributed by atoms with van der Waals surface area (Å²) < 4.78 is 39.4. The van der Waals surface area contributed by atoms with Crippen molar-refractivity contribution in [3.05, 3.63) is 48.0 Å². The van der Waals surface area contributed by atoms with Gasteiger partial charge in [0.1, 0.15) is 6.04 Å². The highest BCUT2D eigenvalue weighted by Crippen LogP contribution is 2.41. The van der Waals surface area contributed by atoms with Gasteiger partial charge in [0.05, 0.1) is 0 Å². The van der Waals surface area contributed by atoms with Crippen molar-refractivity contribution in [2.24, 2.45) is 0 Å². The molecule has 1 heterocycles. The zero-order chi connectivity index (χ0) is 12.5. The fourth-order valence-corrected chi connectivity index (χ4v) is 2.36. The molecule has 0 radical (unpaired) electrons. The molecule has 1 unspecified atom stereocenters. The van der Waals surface area contributed by atoms with Gasteiger partial charge in [-0.2, -0.15) is 13.2 Å². The standard InChI is InChI=1S/C13H14F3N/c1-2-8-17-9-7-10-5-3-4-6-11(10)12(17)13(14,15)16/h2-6,12H,1,7-9H2. The molecule has 1 aliphatic rings. The van der Waals surface area contributed by atoms with Crippen LogP contribution in [0.25, 0.3) is 0 Å². The summed E-state index contributed by atoms with van der Waals surface area (Å²) in [5, 5.41) is 0. The second kappa shape index (κ2) is 4.53. The molecule has 1 nitrogen and oxygen atoms in total. The summed E-state index contributed by atoms with van der Waals surface area (Å²) in [6, 6.07) is 5.30. The number of hydrogen-bond donors (Lipinski definition) is 0. The third kappa shape index (κ3) is 2.36. The van der Waals surface area contributed by atoms with E-state index < -0.39 is 12.2 Å². The molecule has 0 aliphatic carbocycles. The molecule has 2 rings (SSSR count). The molecule has 17 heavy (non-hydrogen) atoms. The van der Waals surface area contributed by atoms with E-state index in [0.717, 1.165) is 5.56 Å². The number of rotatable bonds is 2. The van der Waals surface area contributed by atoms with E-state index >= 15 is 0 Å². The molecule has 0 saturated carbocycles. The first-order valence-corrected chi connectivity index (χ1v) is 5.53. The third-order valence-corrected chi connectivity index (χ3v) is 3.06. The number of nitrogens with zero attached hydrogens (tertiary/aromatic N) is 1. The van der Waals surface area contributed by atoms with Crippen LogP contribution in [0.1, 0.15) is 17.2 Å². The average Bonchev–Trinajstić information content (AvgIpc) is 2.27. The van der Waals surface area contributed by atoms with Gasteiger partial charge in [-0.3, -0.25) is 4.90 Å². The van der Waals surface area contributed by atoms with Gasteiger partial charge in [0, 0.05) is 13.1 Å². The van der Waals surface area contributed by atoms with Crippen LogP contribution in [0.15, 0.2) is 36.9 Å². The van der Waals surface area contributed by atoms with Gasteiger partial charge in [0.25, 0.3) is 0 Å². The lowest BCUT2D eigenvalue weighted by Gasteiger charge is -2.37. The second-order valence-corrected chi connectivity index (χ2v) is 4.18. The Kier molecular flexibility index (Phi) is 3.24. The van der Waals surface area contributed by atoms with Crippen molar-refractivity contribution in [3.8, 4) is 0 Å². The molecule has 92 valence electrons. The van der Waals surface area contributed by atoms with Crippen molar-refractivity contribution < 1.29 is 13.2 Å². The van der Waals surface area contributed by atoms with Gasteiger partial charge in [-0.15, -0.1) is 6.58 Å². The number of alkyl halides is 3. The lowest BCUT2D eigenvalue weighted by molar-refractivity contribution is -0.187. The quantitative estimate of drug-likeness (QED) is 0.718. The van der Waals surface area contributed by atoms with Crippen LogP contribution in [0, 0.1) is 0 Å². The van der Waals surface area contributed by atoms with Crippen LogP contribution in [0.5, 0.6) is 0 Å². The smallest absolute Gasteiger partial charge is 0.285 e. The van der Waals surface area contributed by atoms with Crippen LogP contribution in [-0.4, -0.2) is 24.2 Å². The Balaban J connectivity index is 2.42. The Hall–Kier alpha value is -1.29. The third-order valence-electron chi connectivity index (χ3n) is 3.06. The van der Waals surface area contributed by atoms with E-state index in [4.69, 9.17) is 0 Å². The molecular formula is C13H14F3N. The van der Waals surface area contributed by atoms with Crippen LogP contribution in [-0.2, 0) is 6.42 Å². The van der Waals surface area contributed by atoms with Crippen LogP contribution in [0.4, 0.5) is 13.2 Å². The molecule has 1 aliphatic heterocycles. The van der Waals surface area contributed by atoms with E-state index in [9.17, 15) is 13.2 Å². The Morgan fingerprint density at radius 2 is 2.06 bits per heavy atom. The van der Waals surface area contributed by atoms with Crippen LogP contribution in [0.2, 0.25) is 0 Å². The number of hydrogen-bond acceptors (Lipinski definition) is 1. The van der Waals surface area contributed by atoms with E-state index in [1.807, 2.05) is 0 Å². The van der Waals surface area contributed by atoms with Crippen molar-refractivity contribution in [1.82, 2.24) is 4.90 Å². The highest BCUT2D eigenvalue weighted by molar-refractivity contribution is 5.33. The topological polar surface area (TPSA) is 3.24 Å². The normalized spacial score (nSPS) is 21.0.